The SMILES string of the molecule is CCC(C)C1N=C2c3ccccc3N=C(SCC(=O)c3ccccc3)N2C1=O. The van der Waals surface area contributed by atoms with Gasteiger partial charge in [0.2, 0.25) is 0 Å². The molecule has 0 saturated carbocycles. The zero-order chi connectivity index (χ0) is 19.7. The molecule has 0 aromatic heterocycles. The van der Waals surface area contributed by atoms with Crippen molar-refractivity contribution in [3.63, 3.8) is 0 Å². The molecule has 5 nitrogen and oxygen atoms in total. The van der Waals surface area contributed by atoms with Crippen LogP contribution < -0.4 is 0 Å². The topological polar surface area (TPSA) is 62.1 Å². The van der Waals surface area contributed by atoms with Crippen molar-refractivity contribution in [3.05, 3.63) is 65.7 Å². The van der Waals surface area contributed by atoms with Crippen LogP contribution in [-0.4, -0.2) is 39.4 Å². The van der Waals surface area contributed by atoms with Crippen molar-refractivity contribution in [2.45, 2.75) is 26.3 Å². The minimum absolute atomic E-state index is 0.00997. The molecule has 142 valence electrons. The third-order valence-corrected chi connectivity index (χ3v) is 6.05. The van der Waals surface area contributed by atoms with Gasteiger partial charge in [0.15, 0.2) is 11.0 Å². The van der Waals surface area contributed by atoms with Crippen LogP contribution in [0.3, 0.4) is 0 Å². The largest absolute Gasteiger partial charge is 0.293 e. The Morgan fingerprint density at radius 2 is 1.86 bits per heavy atom. The smallest absolute Gasteiger partial charge is 0.259 e. The Labute approximate surface area is 168 Å². The van der Waals surface area contributed by atoms with E-state index in [9.17, 15) is 9.59 Å². The number of nitrogens with zero attached hydrogens (tertiary/aromatic N) is 3. The molecule has 0 aliphatic carbocycles. The number of carbonyl (C=O) groups is 2. The Balaban J connectivity index is 1.64. The summed E-state index contributed by atoms with van der Waals surface area (Å²) in [6, 6.07) is 16.5. The summed E-state index contributed by atoms with van der Waals surface area (Å²) in [6.45, 7) is 4.10. The van der Waals surface area contributed by atoms with Crippen LogP contribution in [-0.2, 0) is 4.79 Å². The number of Topliss-reactive ketones (excluding diaryl/α,β-unsaturated/α-hetero) is 1. The fraction of sp³-hybridized carbons (Fsp3) is 0.273. The van der Waals surface area contributed by atoms with Crippen LogP contribution in [0.4, 0.5) is 5.69 Å². The first-order chi connectivity index (χ1) is 13.6. The summed E-state index contributed by atoms with van der Waals surface area (Å²) in [5.41, 5.74) is 2.30. The highest BCUT2D eigenvalue weighted by molar-refractivity contribution is 8.14. The van der Waals surface area contributed by atoms with Crippen LogP contribution in [0, 0.1) is 5.92 Å². The van der Waals surface area contributed by atoms with Crippen LogP contribution in [0.25, 0.3) is 0 Å². The highest BCUT2D eigenvalue weighted by Gasteiger charge is 2.43. The Bertz CT molecular complexity index is 984. The standard InChI is InChI=1S/C22H21N3O2S/c1-3-14(2)19-21(27)25-20(24-19)16-11-7-8-12-17(16)23-22(25)28-13-18(26)15-9-5-4-6-10-15/h4-12,14,19H,3,13H2,1-2H3. The van der Waals surface area contributed by atoms with E-state index in [0.717, 1.165) is 17.7 Å². The molecule has 0 spiro atoms. The van der Waals surface area contributed by atoms with Gasteiger partial charge in [0.1, 0.15) is 11.9 Å². The van der Waals surface area contributed by atoms with Gasteiger partial charge in [-0.2, -0.15) is 0 Å². The lowest BCUT2D eigenvalue weighted by Gasteiger charge is -2.25. The highest BCUT2D eigenvalue weighted by atomic mass is 32.2. The Kier molecular flexibility index (Phi) is 5.13. The summed E-state index contributed by atoms with van der Waals surface area (Å²) in [5.74, 6) is 0.967. The summed E-state index contributed by atoms with van der Waals surface area (Å²) in [6.07, 6.45) is 0.870. The maximum atomic E-state index is 13.1. The van der Waals surface area contributed by atoms with Crippen molar-refractivity contribution in [1.82, 2.24) is 4.90 Å². The molecule has 2 atom stereocenters. The van der Waals surface area contributed by atoms with Gasteiger partial charge in [-0.25, -0.2) is 9.89 Å². The van der Waals surface area contributed by atoms with E-state index < -0.39 is 6.04 Å². The number of rotatable bonds is 5. The molecule has 0 radical (unpaired) electrons. The molecule has 6 heteroatoms. The minimum Gasteiger partial charge on any atom is -0.293 e. The first-order valence-corrected chi connectivity index (χ1v) is 10.4. The monoisotopic (exact) mass is 391 g/mol. The van der Waals surface area contributed by atoms with Gasteiger partial charge in [0.25, 0.3) is 5.91 Å². The Morgan fingerprint density at radius 1 is 1.14 bits per heavy atom. The summed E-state index contributed by atoms with van der Waals surface area (Å²) >= 11 is 1.29. The first-order valence-electron chi connectivity index (χ1n) is 9.41. The van der Waals surface area contributed by atoms with E-state index in [1.807, 2.05) is 49.4 Å². The summed E-state index contributed by atoms with van der Waals surface area (Å²) in [7, 11) is 0. The minimum atomic E-state index is -0.401. The number of hydrogen-bond donors (Lipinski definition) is 0. The second kappa shape index (κ2) is 7.72. The van der Waals surface area contributed by atoms with E-state index in [2.05, 4.69) is 11.9 Å². The summed E-state index contributed by atoms with van der Waals surface area (Å²) < 4.78 is 0. The molecular weight excluding hydrogens is 370 g/mol. The zero-order valence-electron chi connectivity index (χ0n) is 15.8. The predicted octanol–water partition coefficient (Wildman–Crippen LogP) is 4.31. The maximum absolute atomic E-state index is 13.1. The molecule has 4 rings (SSSR count). The van der Waals surface area contributed by atoms with Crippen LogP contribution in [0.2, 0.25) is 0 Å². The van der Waals surface area contributed by atoms with Gasteiger partial charge in [0, 0.05) is 11.1 Å². The average molecular weight is 391 g/mol. The number of aliphatic imine (C=N–C) groups is 2. The lowest BCUT2D eigenvalue weighted by molar-refractivity contribution is -0.125. The first kappa shape index (κ1) is 18.6. The fourth-order valence-corrected chi connectivity index (χ4v) is 4.19. The summed E-state index contributed by atoms with van der Waals surface area (Å²) in [5, 5.41) is 0.525. The number of benzene rings is 2. The van der Waals surface area contributed by atoms with Gasteiger partial charge in [-0.3, -0.25) is 14.6 Å². The van der Waals surface area contributed by atoms with Crippen LogP contribution in [0.15, 0.2) is 64.6 Å². The molecule has 0 saturated heterocycles. The average Bonchev–Trinajstić information content (AvgIpc) is 3.09. The van der Waals surface area contributed by atoms with E-state index in [4.69, 9.17) is 4.99 Å². The second-order valence-electron chi connectivity index (χ2n) is 6.95. The Hall–Kier alpha value is -2.73. The molecule has 0 N–H and O–H groups in total. The third kappa shape index (κ3) is 3.29. The number of thioether (sulfide) groups is 1. The van der Waals surface area contributed by atoms with Gasteiger partial charge in [-0.05, 0) is 18.1 Å². The number of para-hydroxylation sites is 1. The predicted molar refractivity (Wildman–Crippen MR) is 113 cm³/mol. The molecule has 2 aromatic carbocycles. The van der Waals surface area contributed by atoms with E-state index in [0.29, 0.717) is 16.6 Å². The van der Waals surface area contributed by atoms with E-state index >= 15 is 0 Å². The lowest BCUT2D eigenvalue weighted by Crippen LogP contribution is -2.42. The highest BCUT2D eigenvalue weighted by Crippen LogP contribution is 2.35. The summed E-state index contributed by atoms with van der Waals surface area (Å²) in [4.78, 5) is 36.7. The third-order valence-electron chi connectivity index (χ3n) is 5.11. The fourth-order valence-electron chi connectivity index (χ4n) is 3.30. The zero-order valence-corrected chi connectivity index (χ0v) is 16.6. The molecule has 0 fully saturated rings. The van der Waals surface area contributed by atoms with Gasteiger partial charge in [-0.15, -0.1) is 0 Å². The van der Waals surface area contributed by atoms with Crippen molar-refractivity contribution in [2.75, 3.05) is 5.75 Å². The molecule has 2 aliphatic rings. The van der Waals surface area contributed by atoms with Crippen molar-refractivity contribution in [2.24, 2.45) is 15.9 Å². The molecule has 28 heavy (non-hydrogen) atoms. The van der Waals surface area contributed by atoms with Crippen molar-refractivity contribution in [3.8, 4) is 0 Å². The van der Waals surface area contributed by atoms with Crippen LogP contribution in [0.5, 0.6) is 0 Å². The normalized spacial score (nSPS) is 18.9. The number of amidine groups is 2. The number of fused-ring (bicyclic) bond motifs is 3. The van der Waals surface area contributed by atoms with Gasteiger partial charge in [-0.1, -0.05) is 74.5 Å². The lowest BCUT2D eigenvalue weighted by atomic mass is 10.00. The number of hydrogen-bond acceptors (Lipinski definition) is 5. The van der Waals surface area contributed by atoms with Crippen LogP contribution >= 0.6 is 11.8 Å². The number of carbonyl (C=O) groups excluding carboxylic acids is 2. The second-order valence-corrected chi connectivity index (χ2v) is 7.89. The molecule has 2 aromatic rings. The quantitative estimate of drug-likeness (QED) is 0.714. The van der Waals surface area contributed by atoms with Gasteiger partial charge < -0.3 is 0 Å². The van der Waals surface area contributed by atoms with Crippen molar-refractivity contribution in [1.29, 1.82) is 0 Å². The molecular formula is C22H21N3O2S. The molecule has 0 bridgehead atoms. The molecule has 2 heterocycles. The van der Waals surface area contributed by atoms with Gasteiger partial charge in [0.05, 0.1) is 11.4 Å². The van der Waals surface area contributed by atoms with E-state index in [1.165, 1.54) is 11.8 Å². The molecule has 2 unspecified atom stereocenters. The maximum Gasteiger partial charge on any atom is 0.259 e. The van der Waals surface area contributed by atoms with Crippen molar-refractivity contribution >= 4 is 40.1 Å². The van der Waals surface area contributed by atoms with E-state index in [1.54, 1.807) is 17.0 Å². The van der Waals surface area contributed by atoms with Gasteiger partial charge >= 0.3 is 0 Å². The molecule has 2 aliphatic heterocycles. The number of ketones is 1. The Morgan fingerprint density at radius 3 is 2.61 bits per heavy atom. The van der Waals surface area contributed by atoms with Crippen LogP contribution in [0.1, 0.15) is 36.2 Å². The molecule has 1 amide bonds. The van der Waals surface area contributed by atoms with Crippen molar-refractivity contribution < 1.29 is 9.59 Å². The van der Waals surface area contributed by atoms with E-state index in [-0.39, 0.29) is 23.4 Å². The number of amides is 1.